The quantitative estimate of drug-likeness (QED) is 0.614. The first-order valence-corrected chi connectivity index (χ1v) is 7.03. The molecular formula is C16H14N6. The molecular weight excluding hydrogens is 276 g/mol. The third-order valence-corrected chi connectivity index (χ3v) is 3.79. The fourth-order valence-corrected chi connectivity index (χ4v) is 2.45. The topological polar surface area (TPSA) is 68.0 Å². The van der Waals surface area contributed by atoms with E-state index in [2.05, 4.69) is 51.8 Å². The molecule has 2 aromatic heterocycles. The van der Waals surface area contributed by atoms with Crippen LogP contribution in [0.3, 0.4) is 0 Å². The predicted octanol–water partition coefficient (Wildman–Crippen LogP) is 3.03. The second-order valence-corrected chi connectivity index (χ2v) is 5.29. The van der Waals surface area contributed by atoms with Crippen LogP contribution in [0.5, 0.6) is 0 Å². The first-order valence-electron chi connectivity index (χ1n) is 7.03. The highest BCUT2D eigenvalue weighted by molar-refractivity contribution is 5.83. The van der Waals surface area contributed by atoms with Gasteiger partial charge in [-0.05, 0) is 59.7 Å². The Balaban J connectivity index is 1.89. The second kappa shape index (κ2) is 4.77. The number of aryl methyl sites for hydroxylation is 2. The zero-order chi connectivity index (χ0) is 15.1. The van der Waals surface area contributed by atoms with Crippen LogP contribution in [-0.4, -0.2) is 25.0 Å². The van der Waals surface area contributed by atoms with Crippen molar-refractivity contribution in [1.82, 2.24) is 25.0 Å². The van der Waals surface area contributed by atoms with Gasteiger partial charge in [0.15, 0.2) is 5.82 Å². The van der Waals surface area contributed by atoms with Crippen LogP contribution in [0.2, 0.25) is 0 Å². The maximum Gasteiger partial charge on any atom is 0.222 e. The van der Waals surface area contributed by atoms with Crippen molar-refractivity contribution < 1.29 is 0 Å². The zero-order valence-corrected chi connectivity index (χ0v) is 12.3. The van der Waals surface area contributed by atoms with E-state index < -0.39 is 0 Å². The molecule has 0 aliphatic carbocycles. The molecule has 4 aromatic rings. The summed E-state index contributed by atoms with van der Waals surface area (Å²) < 4.78 is 1.70. The van der Waals surface area contributed by atoms with Crippen molar-refractivity contribution in [3.05, 3.63) is 53.6 Å². The van der Waals surface area contributed by atoms with Crippen molar-refractivity contribution in [2.75, 3.05) is 5.32 Å². The molecule has 0 saturated carbocycles. The smallest absolute Gasteiger partial charge is 0.222 e. The van der Waals surface area contributed by atoms with Gasteiger partial charge in [-0.15, -0.1) is 5.10 Å². The number of anilines is 2. The molecule has 0 aliphatic rings. The molecule has 0 amide bonds. The Morgan fingerprint density at radius 1 is 1.00 bits per heavy atom. The molecule has 6 nitrogen and oxygen atoms in total. The summed E-state index contributed by atoms with van der Waals surface area (Å²) in [5, 5.41) is 15.2. The average molecular weight is 290 g/mol. The third-order valence-electron chi connectivity index (χ3n) is 3.79. The molecule has 0 aliphatic heterocycles. The van der Waals surface area contributed by atoms with E-state index in [0.29, 0.717) is 11.5 Å². The highest BCUT2D eigenvalue weighted by atomic mass is 15.5. The van der Waals surface area contributed by atoms with Crippen LogP contribution in [0.1, 0.15) is 11.1 Å². The number of aromatic nitrogens is 5. The van der Waals surface area contributed by atoms with Crippen LogP contribution in [0.4, 0.5) is 11.5 Å². The molecule has 0 unspecified atom stereocenters. The van der Waals surface area contributed by atoms with Crippen molar-refractivity contribution in [3.63, 3.8) is 0 Å². The number of para-hydroxylation sites is 2. The number of hydrogen-bond donors (Lipinski definition) is 1. The Labute approximate surface area is 126 Å². The van der Waals surface area contributed by atoms with Gasteiger partial charge in [0, 0.05) is 5.69 Å². The molecule has 0 atom stereocenters. The predicted molar refractivity (Wildman–Crippen MR) is 85.3 cm³/mol. The molecule has 22 heavy (non-hydrogen) atoms. The lowest BCUT2D eigenvalue weighted by Gasteiger charge is -2.09. The van der Waals surface area contributed by atoms with Gasteiger partial charge in [0.1, 0.15) is 0 Å². The minimum absolute atomic E-state index is 0.608. The van der Waals surface area contributed by atoms with E-state index in [4.69, 9.17) is 0 Å². The maximum absolute atomic E-state index is 4.65. The summed E-state index contributed by atoms with van der Waals surface area (Å²) in [6, 6.07) is 14.0. The standard InChI is InChI=1S/C16H14N6/c1-10-7-8-12(9-11(10)2)17-15-16-19-20-21-22(16)14-6-4-3-5-13(14)18-15/h3-9H,1-2H3,(H,17,18). The monoisotopic (exact) mass is 290 g/mol. The minimum Gasteiger partial charge on any atom is -0.337 e. The summed E-state index contributed by atoms with van der Waals surface area (Å²) >= 11 is 0. The van der Waals surface area contributed by atoms with Gasteiger partial charge in [-0.3, -0.25) is 0 Å². The number of rotatable bonds is 2. The Kier molecular flexibility index (Phi) is 2.75. The molecule has 2 aromatic carbocycles. The summed E-state index contributed by atoms with van der Waals surface area (Å²) in [6.07, 6.45) is 0. The van der Waals surface area contributed by atoms with Crippen LogP contribution >= 0.6 is 0 Å². The van der Waals surface area contributed by atoms with Crippen molar-refractivity contribution in [2.24, 2.45) is 0 Å². The van der Waals surface area contributed by atoms with Crippen LogP contribution in [-0.2, 0) is 0 Å². The number of nitrogens with zero attached hydrogens (tertiary/aromatic N) is 5. The Bertz CT molecular complexity index is 988. The van der Waals surface area contributed by atoms with Gasteiger partial charge in [-0.2, -0.15) is 4.52 Å². The Hall–Kier alpha value is -3.02. The summed E-state index contributed by atoms with van der Waals surface area (Å²) in [7, 11) is 0. The summed E-state index contributed by atoms with van der Waals surface area (Å²) in [5.74, 6) is 0.645. The first kappa shape index (κ1) is 12.7. The largest absolute Gasteiger partial charge is 0.337 e. The lowest BCUT2D eigenvalue weighted by molar-refractivity contribution is 0.841. The Morgan fingerprint density at radius 2 is 1.86 bits per heavy atom. The van der Waals surface area contributed by atoms with Gasteiger partial charge in [0.25, 0.3) is 0 Å². The van der Waals surface area contributed by atoms with E-state index in [1.807, 2.05) is 30.3 Å². The molecule has 0 bridgehead atoms. The number of nitrogens with one attached hydrogen (secondary N) is 1. The molecule has 0 fully saturated rings. The number of hydrogen-bond acceptors (Lipinski definition) is 5. The van der Waals surface area contributed by atoms with Crippen LogP contribution in [0.15, 0.2) is 42.5 Å². The summed E-state index contributed by atoms with van der Waals surface area (Å²) in [4.78, 5) is 4.65. The van der Waals surface area contributed by atoms with Crippen LogP contribution in [0, 0.1) is 13.8 Å². The molecule has 6 heteroatoms. The van der Waals surface area contributed by atoms with Gasteiger partial charge in [-0.1, -0.05) is 18.2 Å². The number of benzene rings is 2. The van der Waals surface area contributed by atoms with Crippen molar-refractivity contribution >= 4 is 28.2 Å². The van der Waals surface area contributed by atoms with Crippen molar-refractivity contribution in [2.45, 2.75) is 13.8 Å². The summed E-state index contributed by atoms with van der Waals surface area (Å²) in [5.41, 5.74) is 5.78. The first-order chi connectivity index (χ1) is 10.7. The van der Waals surface area contributed by atoms with E-state index in [1.165, 1.54) is 11.1 Å². The third kappa shape index (κ3) is 1.96. The van der Waals surface area contributed by atoms with Crippen molar-refractivity contribution in [1.29, 1.82) is 0 Å². The van der Waals surface area contributed by atoms with Gasteiger partial charge in [-0.25, -0.2) is 4.98 Å². The lowest BCUT2D eigenvalue weighted by Crippen LogP contribution is -2.01. The van der Waals surface area contributed by atoms with Crippen LogP contribution in [0.25, 0.3) is 16.7 Å². The van der Waals surface area contributed by atoms with Gasteiger partial charge >= 0.3 is 0 Å². The van der Waals surface area contributed by atoms with Gasteiger partial charge < -0.3 is 5.32 Å². The second-order valence-electron chi connectivity index (χ2n) is 5.29. The lowest BCUT2D eigenvalue weighted by atomic mass is 10.1. The maximum atomic E-state index is 4.65. The fourth-order valence-electron chi connectivity index (χ4n) is 2.45. The van der Waals surface area contributed by atoms with E-state index in [9.17, 15) is 0 Å². The van der Waals surface area contributed by atoms with Crippen molar-refractivity contribution in [3.8, 4) is 0 Å². The normalized spacial score (nSPS) is 11.2. The summed E-state index contributed by atoms with van der Waals surface area (Å²) in [6.45, 7) is 4.18. The highest BCUT2D eigenvalue weighted by Gasteiger charge is 2.11. The SMILES string of the molecule is Cc1ccc(Nc2nc3ccccc3n3nnnc23)cc1C. The molecule has 0 spiro atoms. The molecule has 4 rings (SSSR count). The zero-order valence-electron chi connectivity index (χ0n) is 12.3. The van der Waals surface area contributed by atoms with E-state index in [-0.39, 0.29) is 0 Å². The molecule has 1 N–H and O–H groups in total. The van der Waals surface area contributed by atoms with E-state index in [0.717, 1.165) is 16.7 Å². The highest BCUT2D eigenvalue weighted by Crippen LogP contribution is 2.23. The molecule has 2 heterocycles. The van der Waals surface area contributed by atoms with E-state index >= 15 is 0 Å². The molecule has 108 valence electrons. The minimum atomic E-state index is 0.608. The van der Waals surface area contributed by atoms with Gasteiger partial charge in [0.05, 0.1) is 11.0 Å². The van der Waals surface area contributed by atoms with Crippen LogP contribution < -0.4 is 5.32 Å². The van der Waals surface area contributed by atoms with E-state index in [1.54, 1.807) is 4.52 Å². The molecule has 0 saturated heterocycles. The number of tetrazole rings is 1. The average Bonchev–Trinajstić information content (AvgIpc) is 3.01. The molecule has 0 radical (unpaired) electrons. The number of fused-ring (bicyclic) bond motifs is 3. The fraction of sp³-hybridized carbons (Fsp3) is 0.125. The van der Waals surface area contributed by atoms with Gasteiger partial charge in [0.2, 0.25) is 5.65 Å². The Morgan fingerprint density at radius 3 is 2.73 bits per heavy atom.